The molecule has 4 nitrogen and oxygen atoms in total. The van der Waals surface area contributed by atoms with E-state index >= 15 is 0 Å². The van der Waals surface area contributed by atoms with Crippen molar-refractivity contribution in [2.24, 2.45) is 0 Å². The zero-order valence-electron chi connectivity index (χ0n) is 10.5. The highest BCUT2D eigenvalue weighted by Crippen LogP contribution is 2.26. The standard InChI is InChI=1S/C15H15N3O/c19-10-6-14(12-3-1-7-16-11-12)18-9-5-13-15(18)4-2-8-17-13/h1-5,7-9,11,14,19H,6,10H2. The zero-order chi connectivity index (χ0) is 13.1. The van der Waals surface area contributed by atoms with Crippen molar-refractivity contribution < 1.29 is 5.11 Å². The van der Waals surface area contributed by atoms with E-state index < -0.39 is 0 Å². The Kier molecular flexibility index (Phi) is 3.25. The number of aliphatic hydroxyl groups excluding tert-OH is 1. The monoisotopic (exact) mass is 253 g/mol. The predicted molar refractivity (Wildman–Crippen MR) is 73.8 cm³/mol. The highest BCUT2D eigenvalue weighted by Gasteiger charge is 2.15. The summed E-state index contributed by atoms with van der Waals surface area (Å²) < 4.78 is 2.15. The van der Waals surface area contributed by atoms with Gasteiger partial charge in [-0.15, -0.1) is 0 Å². The summed E-state index contributed by atoms with van der Waals surface area (Å²) in [6, 6.07) is 10.0. The first-order valence-corrected chi connectivity index (χ1v) is 6.32. The highest BCUT2D eigenvalue weighted by molar-refractivity contribution is 5.75. The van der Waals surface area contributed by atoms with Gasteiger partial charge in [0.15, 0.2) is 0 Å². The van der Waals surface area contributed by atoms with Crippen LogP contribution >= 0.6 is 0 Å². The fourth-order valence-corrected chi connectivity index (χ4v) is 2.42. The van der Waals surface area contributed by atoms with Crippen LogP contribution in [0.3, 0.4) is 0 Å². The lowest BCUT2D eigenvalue weighted by molar-refractivity contribution is 0.269. The minimum Gasteiger partial charge on any atom is -0.396 e. The molecule has 0 saturated carbocycles. The molecule has 1 N–H and O–H groups in total. The molecule has 0 aliphatic carbocycles. The SMILES string of the molecule is OCCC(c1cccnc1)n1ccc2ncccc21. The lowest BCUT2D eigenvalue weighted by Crippen LogP contribution is -2.11. The Morgan fingerprint density at radius 2 is 2.05 bits per heavy atom. The van der Waals surface area contributed by atoms with Gasteiger partial charge in [-0.05, 0) is 36.2 Å². The van der Waals surface area contributed by atoms with Crippen LogP contribution < -0.4 is 0 Å². The van der Waals surface area contributed by atoms with Gasteiger partial charge in [0.1, 0.15) is 0 Å². The molecular weight excluding hydrogens is 238 g/mol. The van der Waals surface area contributed by atoms with Crippen LogP contribution in [0.1, 0.15) is 18.0 Å². The normalized spacial score (nSPS) is 12.7. The van der Waals surface area contributed by atoms with Crippen molar-refractivity contribution in [3.05, 3.63) is 60.7 Å². The summed E-state index contributed by atoms with van der Waals surface area (Å²) in [6.07, 6.45) is 8.07. The predicted octanol–water partition coefficient (Wildman–Crippen LogP) is 2.40. The Bertz CT molecular complexity index is 663. The van der Waals surface area contributed by atoms with E-state index in [0.717, 1.165) is 16.6 Å². The van der Waals surface area contributed by atoms with Crippen molar-refractivity contribution in [2.45, 2.75) is 12.5 Å². The van der Waals surface area contributed by atoms with Gasteiger partial charge in [0.05, 0.1) is 17.1 Å². The number of aromatic nitrogens is 3. The molecule has 0 spiro atoms. The molecule has 0 amide bonds. The van der Waals surface area contributed by atoms with E-state index in [4.69, 9.17) is 0 Å². The molecular formula is C15H15N3O. The first-order valence-electron chi connectivity index (χ1n) is 6.32. The van der Waals surface area contributed by atoms with Crippen LogP contribution in [-0.2, 0) is 0 Å². The van der Waals surface area contributed by atoms with Crippen molar-refractivity contribution in [3.63, 3.8) is 0 Å². The molecule has 3 heterocycles. The molecule has 3 aromatic rings. The molecule has 0 aliphatic rings. The van der Waals surface area contributed by atoms with Gasteiger partial charge < -0.3 is 9.67 Å². The molecule has 4 heteroatoms. The molecule has 0 radical (unpaired) electrons. The molecule has 1 unspecified atom stereocenters. The molecule has 0 fully saturated rings. The summed E-state index contributed by atoms with van der Waals surface area (Å²) in [5.74, 6) is 0. The highest BCUT2D eigenvalue weighted by atomic mass is 16.3. The molecule has 3 rings (SSSR count). The van der Waals surface area contributed by atoms with E-state index in [1.54, 1.807) is 12.4 Å². The van der Waals surface area contributed by atoms with E-state index in [1.165, 1.54) is 0 Å². The number of pyridine rings is 2. The summed E-state index contributed by atoms with van der Waals surface area (Å²) in [4.78, 5) is 8.51. The summed E-state index contributed by atoms with van der Waals surface area (Å²) in [6.45, 7) is 0.138. The Morgan fingerprint density at radius 1 is 1.16 bits per heavy atom. The maximum atomic E-state index is 9.32. The third kappa shape index (κ3) is 2.22. The van der Waals surface area contributed by atoms with Crippen LogP contribution in [0.5, 0.6) is 0 Å². The summed E-state index contributed by atoms with van der Waals surface area (Å²) in [5, 5.41) is 9.32. The zero-order valence-corrected chi connectivity index (χ0v) is 10.5. The van der Waals surface area contributed by atoms with Crippen molar-refractivity contribution in [1.82, 2.24) is 14.5 Å². The van der Waals surface area contributed by atoms with E-state index in [-0.39, 0.29) is 12.6 Å². The second-order valence-electron chi connectivity index (χ2n) is 4.45. The molecule has 0 saturated heterocycles. The van der Waals surface area contributed by atoms with E-state index in [9.17, 15) is 5.11 Å². The van der Waals surface area contributed by atoms with Crippen molar-refractivity contribution in [2.75, 3.05) is 6.61 Å². The Hall–Kier alpha value is -2.20. The average Bonchev–Trinajstić information content (AvgIpc) is 2.89. The fourth-order valence-electron chi connectivity index (χ4n) is 2.42. The maximum Gasteiger partial charge on any atom is 0.0881 e. The first-order chi connectivity index (χ1) is 9.40. The second-order valence-corrected chi connectivity index (χ2v) is 4.45. The molecule has 0 aromatic carbocycles. The minimum atomic E-state index is 0.0837. The van der Waals surface area contributed by atoms with Gasteiger partial charge in [0, 0.05) is 31.4 Å². The lowest BCUT2D eigenvalue weighted by atomic mass is 10.1. The van der Waals surface area contributed by atoms with Gasteiger partial charge in [-0.2, -0.15) is 0 Å². The third-order valence-corrected chi connectivity index (χ3v) is 3.29. The quantitative estimate of drug-likeness (QED) is 0.776. The molecule has 1 atom stereocenters. The molecule has 19 heavy (non-hydrogen) atoms. The topological polar surface area (TPSA) is 50.9 Å². The van der Waals surface area contributed by atoms with Gasteiger partial charge in [-0.3, -0.25) is 9.97 Å². The van der Waals surface area contributed by atoms with Crippen molar-refractivity contribution in [1.29, 1.82) is 0 Å². The van der Waals surface area contributed by atoms with Gasteiger partial charge in [0.2, 0.25) is 0 Å². The number of hydrogen-bond donors (Lipinski definition) is 1. The molecule has 3 aromatic heterocycles. The minimum absolute atomic E-state index is 0.0837. The average molecular weight is 253 g/mol. The molecule has 96 valence electrons. The molecule has 0 aliphatic heterocycles. The second kappa shape index (κ2) is 5.20. The fraction of sp³-hybridized carbons (Fsp3) is 0.200. The van der Waals surface area contributed by atoms with Gasteiger partial charge in [0.25, 0.3) is 0 Å². The smallest absolute Gasteiger partial charge is 0.0881 e. The van der Waals surface area contributed by atoms with Gasteiger partial charge >= 0.3 is 0 Å². The number of rotatable bonds is 4. The van der Waals surface area contributed by atoms with Crippen LogP contribution in [0.25, 0.3) is 11.0 Å². The number of fused-ring (bicyclic) bond motifs is 1. The molecule has 0 bridgehead atoms. The van der Waals surface area contributed by atoms with E-state index in [1.807, 2.05) is 42.7 Å². The van der Waals surface area contributed by atoms with Crippen molar-refractivity contribution in [3.8, 4) is 0 Å². The van der Waals surface area contributed by atoms with Crippen LogP contribution in [-0.4, -0.2) is 26.2 Å². The first kappa shape index (κ1) is 11.9. The lowest BCUT2D eigenvalue weighted by Gasteiger charge is -2.19. The number of nitrogens with zero attached hydrogens (tertiary/aromatic N) is 3. The van der Waals surface area contributed by atoms with Crippen LogP contribution in [0.2, 0.25) is 0 Å². The van der Waals surface area contributed by atoms with Gasteiger partial charge in [-0.25, -0.2) is 0 Å². The van der Waals surface area contributed by atoms with E-state index in [2.05, 4.69) is 14.5 Å². The Morgan fingerprint density at radius 3 is 2.84 bits per heavy atom. The van der Waals surface area contributed by atoms with Crippen LogP contribution in [0, 0.1) is 0 Å². The van der Waals surface area contributed by atoms with Gasteiger partial charge in [-0.1, -0.05) is 6.07 Å². The van der Waals surface area contributed by atoms with Crippen molar-refractivity contribution >= 4 is 11.0 Å². The van der Waals surface area contributed by atoms with E-state index in [0.29, 0.717) is 6.42 Å². The summed E-state index contributed by atoms with van der Waals surface area (Å²) in [7, 11) is 0. The third-order valence-electron chi connectivity index (χ3n) is 3.29. The summed E-state index contributed by atoms with van der Waals surface area (Å²) >= 11 is 0. The Balaban J connectivity index is 2.10. The summed E-state index contributed by atoms with van der Waals surface area (Å²) in [5.41, 5.74) is 3.14. The Labute approximate surface area is 111 Å². The maximum absolute atomic E-state index is 9.32. The van der Waals surface area contributed by atoms with Crippen LogP contribution in [0.4, 0.5) is 0 Å². The largest absolute Gasteiger partial charge is 0.396 e. The number of hydrogen-bond acceptors (Lipinski definition) is 3. The van der Waals surface area contributed by atoms with Crippen LogP contribution in [0.15, 0.2) is 55.1 Å². The number of aliphatic hydroxyl groups is 1.